The number of aliphatic hydroxyl groups excluding tert-OH is 7. The first-order chi connectivity index (χ1) is 30.5. The third-order valence-corrected chi connectivity index (χ3v) is 12.0. The summed E-state index contributed by atoms with van der Waals surface area (Å²) in [5.41, 5.74) is 0. The van der Waals surface area contributed by atoms with E-state index in [0.717, 1.165) is 38.5 Å². The van der Waals surface area contributed by atoms with Gasteiger partial charge in [-0.3, -0.25) is 9.59 Å². The van der Waals surface area contributed by atoms with Gasteiger partial charge in [-0.1, -0.05) is 148 Å². The minimum Gasteiger partial charge on any atom is -0.462 e. The average molecular weight is 905 g/mol. The number of esters is 2. The van der Waals surface area contributed by atoms with Gasteiger partial charge in [0.2, 0.25) is 0 Å². The summed E-state index contributed by atoms with van der Waals surface area (Å²) in [6, 6.07) is 0. The van der Waals surface area contributed by atoms with Crippen LogP contribution in [0.15, 0.2) is 12.2 Å². The molecule has 15 heteroatoms. The zero-order valence-electron chi connectivity index (χ0n) is 38.8. The average Bonchev–Trinajstić information content (AvgIpc) is 3.28. The Morgan fingerprint density at radius 2 is 0.905 bits per heavy atom. The summed E-state index contributed by atoms with van der Waals surface area (Å²) in [6.45, 7) is 2.57. The fourth-order valence-electron chi connectivity index (χ4n) is 7.86. The summed E-state index contributed by atoms with van der Waals surface area (Å²) in [5.74, 6) is -0.944. The highest BCUT2D eigenvalue weighted by atomic mass is 16.7. The van der Waals surface area contributed by atoms with Gasteiger partial charge in [-0.05, 0) is 38.5 Å². The molecule has 2 fully saturated rings. The zero-order chi connectivity index (χ0) is 46.1. The second-order valence-electron chi connectivity index (χ2n) is 17.6. The quantitative estimate of drug-likeness (QED) is 0.0208. The van der Waals surface area contributed by atoms with Crippen molar-refractivity contribution in [2.75, 3.05) is 26.4 Å². The van der Waals surface area contributed by atoms with Gasteiger partial charge in [0.1, 0.15) is 55.4 Å². The van der Waals surface area contributed by atoms with E-state index < -0.39 is 92.7 Å². The Bertz CT molecular complexity index is 1160. The van der Waals surface area contributed by atoms with E-state index in [-0.39, 0.29) is 26.1 Å². The molecule has 0 radical (unpaired) electrons. The van der Waals surface area contributed by atoms with Crippen LogP contribution >= 0.6 is 0 Å². The van der Waals surface area contributed by atoms with Gasteiger partial charge in [-0.15, -0.1) is 0 Å². The highest BCUT2D eigenvalue weighted by Crippen LogP contribution is 2.26. The molecule has 0 aromatic rings. The second-order valence-corrected chi connectivity index (χ2v) is 17.6. The van der Waals surface area contributed by atoms with Crippen molar-refractivity contribution in [3.8, 4) is 0 Å². The van der Waals surface area contributed by atoms with Gasteiger partial charge < -0.3 is 64.2 Å². The molecule has 0 aromatic heterocycles. The molecule has 2 saturated heterocycles. The largest absolute Gasteiger partial charge is 0.462 e. The van der Waals surface area contributed by atoms with Crippen LogP contribution in [0.3, 0.4) is 0 Å². The molecule has 2 aliphatic rings. The topological polar surface area (TPSA) is 231 Å². The van der Waals surface area contributed by atoms with Gasteiger partial charge in [-0.2, -0.15) is 0 Å². The van der Waals surface area contributed by atoms with E-state index in [4.69, 9.17) is 28.4 Å². The van der Waals surface area contributed by atoms with Crippen molar-refractivity contribution >= 4 is 11.9 Å². The molecule has 7 N–H and O–H groups in total. The number of hydrogen-bond donors (Lipinski definition) is 7. The van der Waals surface area contributed by atoms with Gasteiger partial charge >= 0.3 is 11.9 Å². The lowest BCUT2D eigenvalue weighted by Gasteiger charge is -2.42. The molecule has 0 saturated carbocycles. The highest BCUT2D eigenvalue weighted by molar-refractivity contribution is 5.70. The molecule has 2 heterocycles. The number of carbonyl (C=O) groups excluding carboxylic acids is 2. The van der Waals surface area contributed by atoms with E-state index >= 15 is 0 Å². The molecule has 2 rings (SSSR count). The van der Waals surface area contributed by atoms with Gasteiger partial charge in [0, 0.05) is 12.8 Å². The standard InChI is InChI=1S/C48H88O15/c1-3-5-7-9-11-13-15-17-18-19-21-22-24-26-28-30-39(50)58-33-36(61-40(51)31-29-27-25-23-20-16-14-12-10-8-6-4-2)34-59-47-46(57)44(55)42(53)38(63-47)35-60-48-45(56)43(54)41(52)37(32-49)62-48/h21-22,36-38,41-49,52-57H,3-20,23-35H2,1-2H3/b22-21+/t36-,37-,38-,41+,42+,43?,44?,45?,46?,47-,48-/m1/s1. The van der Waals surface area contributed by atoms with Crippen molar-refractivity contribution in [2.45, 2.75) is 255 Å². The Balaban J connectivity index is 1.83. The number of unbranched alkanes of at least 4 members (excludes halogenated alkanes) is 22. The van der Waals surface area contributed by atoms with Crippen molar-refractivity contribution in [2.24, 2.45) is 0 Å². The smallest absolute Gasteiger partial charge is 0.306 e. The van der Waals surface area contributed by atoms with Crippen molar-refractivity contribution < 1.29 is 73.8 Å². The van der Waals surface area contributed by atoms with Crippen molar-refractivity contribution in [1.29, 1.82) is 0 Å². The molecular formula is C48H88O15. The number of ether oxygens (including phenoxy) is 6. The van der Waals surface area contributed by atoms with Gasteiger partial charge in [-0.25, -0.2) is 0 Å². The Kier molecular flexibility index (Phi) is 33.1. The first-order valence-corrected chi connectivity index (χ1v) is 24.8. The first kappa shape index (κ1) is 57.4. The summed E-state index contributed by atoms with van der Waals surface area (Å²) in [6.07, 6.45) is 16.8. The van der Waals surface area contributed by atoms with Gasteiger partial charge in [0.05, 0.1) is 19.8 Å². The van der Waals surface area contributed by atoms with Gasteiger partial charge in [0.25, 0.3) is 0 Å². The first-order valence-electron chi connectivity index (χ1n) is 24.8. The Morgan fingerprint density at radius 3 is 1.43 bits per heavy atom. The molecule has 11 atom stereocenters. The minimum absolute atomic E-state index is 0.166. The molecule has 0 amide bonds. The maximum Gasteiger partial charge on any atom is 0.306 e. The second kappa shape index (κ2) is 36.4. The van der Waals surface area contributed by atoms with E-state index in [1.54, 1.807) is 0 Å². The lowest BCUT2D eigenvalue weighted by molar-refractivity contribution is -0.332. The molecule has 15 nitrogen and oxygen atoms in total. The van der Waals surface area contributed by atoms with Gasteiger partial charge in [0.15, 0.2) is 18.7 Å². The summed E-state index contributed by atoms with van der Waals surface area (Å²) in [4.78, 5) is 25.7. The lowest BCUT2D eigenvalue weighted by Crippen LogP contribution is -2.61. The molecular weight excluding hydrogens is 817 g/mol. The third-order valence-electron chi connectivity index (χ3n) is 12.0. The van der Waals surface area contributed by atoms with Crippen molar-refractivity contribution in [3.63, 3.8) is 0 Å². The van der Waals surface area contributed by atoms with Crippen molar-refractivity contribution in [1.82, 2.24) is 0 Å². The SMILES string of the molecule is CCCCCCCCCCC/C=C/CCCCC(=O)OC[C@H](CO[C@@H]1O[C@H](CO[C@@H]2O[C@H](CO)[C@H](O)C(O)C2O)[C@H](O)C(O)C1O)OC(=O)CCCCCCCCCCCCCC. The number of rotatable bonds is 38. The maximum atomic E-state index is 12.9. The van der Waals surface area contributed by atoms with E-state index in [9.17, 15) is 45.3 Å². The summed E-state index contributed by atoms with van der Waals surface area (Å²) in [7, 11) is 0. The normalized spacial score (nSPS) is 26.9. The molecule has 0 aliphatic carbocycles. The molecule has 0 bridgehead atoms. The van der Waals surface area contributed by atoms with Crippen LogP contribution in [0.4, 0.5) is 0 Å². The van der Waals surface area contributed by atoms with E-state index in [1.165, 1.54) is 109 Å². The molecule has 0 aromatic carbocycles. The summed E-state index contributed by atoms with van der Waals surface area (Å²) >= 11 is 0. The Morgan fingerprint density at radius 1 is 0.492 bits per heavy atom. The fourth-order valence-corrected chi connectivity index (χ4v) is 7.86. The van der Waals surface area contributed by atoms with Crippen LogP contribution in [0.5, 0.6) is 0 Å². The van der Waals surface area contributed by atoms with Crippen LogP contribution in [-0.2, 0) is 38.0 Å². The summed E-state index contributed by atoms with van der Waals surface area (Å²) < 4.78 is 33.5. The maximum absolute atomic E-state index is 12.9. The Hall–Kier alpha value is -1.76. The monoisotopic (exact) mass is 905 g/mol. The zero-order valence-corrected chi connectivity index (χ0v) is 38.8. The highest BCUT2D eigenvalue weighted by Gasteiger charge is 2.47. The van der Waals surface area contributed by atoms with E-state index in [2.05, 4.69) is 26.0 Å². The van der Waals surface area contributed by atoms with Crippen LogP contribution in [0.1, 0.15) is 187 Å². The van der Waals surface area contributed by atoms with Crippen molar-refractivity contribution in [3.05, 3.63) is 12.2 Å². The van der Waals surface area contributed by atoms with Crippen LogP contribution in [0.25, 0.3) is 0 Å². The predicted octanol–water partition coefficient (Wildman–Crippen LogP) is 6.21. The van der Waals surface area contributed by atoms with E-state index in [1.807, 2.05) is 0 Å². The predicted molar refractivity (Wildman–Crippen MR) is 238 cm³/mol. The lowest BCUT2D eigenvalue weighted by atomic mass is 9.98. The van der Waals surface area contributed by atoms with E-state index in [0.29, 0.717) is 12.8 Å². The summed E-state index contributed by atoms with van der Waals surface area (Å²) in [5, 5.41) is 71.9. The molecule has 0 spiro atoms. The molecule has 4 unspecified atom stereocenters. The number of hydrogen-bond acceptors (Lipinski definition) is 15. The van der Waals surface area contributed by atoms with Crippen LogP contribution in [0, 0.1) is 0 Å². The number of aliphatic hydroxyl groups is 7. The third kappa shape index (κ3) is 25.1. The molecule has 2 aliphatic heterocycles. The number of carbonyl (C=O) groups is 2. The minimum atomic E-state index is -1.76. The van der Waals surface area contributed by atoms with Crippen LogP contribution in [0.2, 0.25) is 0 Å². The molecule has 63 heavy (non-hydrogen) atoms. The van der Waals surface area contributed by atoms with Crippen LogP contribution < -0.4 is 0 Å². The van der Waals surface area contributed by atoms with Crippen LogP contribution in [-0.4, -0.2) is 142 Å². The Labute approximate surface area is 378 Å². The molecule has 370 valence electrons. The fraction of sp³-hybridized carbons (Fsp3) is 0.917. The number of allylic oxidation sites excluding steroid dienone is 2.